The SMILES string of the molecule is CCOC(=O)[C@H](C)N(Cc1cccc(OCc2nc(-c3ccc(C)cc3)oc2C)c1)S(=O)(=O)N(C)C. The van der Waals surface area contributed by atoms with Crippen molar-refractivity contribution >= 4 is 16.2 Å². The zero-order chi connectivity index (χ0) is 26.5. The molecule has 1 aromatic heterocycles. The van der Waals surface area contributed by atoms with Crippen LogP contribution in [0.15, 0.2) is 52.9 Å². The first-order valence-corrected chi connectivity index (χ1v) is 13.0. The van der Waals surface area contributed by atoms with Crippen LogP contribution in [0, 0.1) is 13.8 Å². The third-order valence-corrected chi connectivity index (χ3v) is 7.58. The van der Waals surface area contributed by atoms with Crippen molar-refractivity contribution in [3.05, 3.63) is 71.1 Å². The zero-order valence-corrected chi connectivity index (χ0v) is 22.3. The molecule has 9 nitrogen and oxygen atoms in total. The summed E-state index contributed by atoms with van der Waals surface area (Å²) < 4.78 is 44.9. The molecule has 0 unspecified atom stereocenters. The van der Waals surface area contributed by atoms with Crippen LogP contribution >= 0.6 is 0 Å². The maximum absolute atomic E-state index is 13.0. The molecule has 0 aliphatic rings. The van der Waals surface area contributed by atoms with Crippen LogP contribution in [0.2, 0.25) is 0 Å². The van der Waals surface area contributed by atoms with E-state index in [1.54, 1.807) is 31.2 Å². The van der Waals surface area contributed by atoms with Gasteiger partial charge in [-0.15, -0.1) is 0 Å². The van der Waals surface area contributed by atoms with Gasteiger partial charge in [0.15, 0.2) is 0 Å². The number of rotatable bonds is 11. The van der Waals surface area contributed by atoms with Crippen LogP contribution in [0.5, 0.6) is 5.75 Å². The predicted molar refractivity (Wildman–Crippen MR) is 136 cm³/mol. The summed E-state index contributed by atoms with van der Waals surface area (Å²) >= 11 is 0. The highest BCUT2D eigenvalue weighted by atomic mass is 32.2. The highest BCUT2D eigenvalue weighted by Crippen LogP contribution is 2.24. The number of aryl methyl sites for hydroxylation is 2. The van der Waals surface area contributed by atoms with Crippen LogP contribution in [0.3, 0.4) is 0 Å². The van der Waals surface area contributed by atoms with Gasteiger partial charge in [0.25, 0.3) is 10.2 Å². The second-order valence-electron chi connectivity index (χ2n) is 8.59. The number of hydrogen-bond acceptors (Lipinski definition) is 7. The number of ether oxygens (including phenoxy) is 2. The molecule has 2 aromatic carbocycles. The normalized spacial score (nSPS) is 12.7. The highest BCUT2D eigenvalue weighted by molar-refractivity contribution is 7.86. The maximum atomic E-state index is 13.0. The Labute approximate surface area is 212 Å². The van der Waals surface area contributed by atoms with E-state index in [0.717, 1.165) is 19.7 Å². The van der Waals surface area contributed by atoms with Crippen molar-refractivity contribution in [2.75, 3.05) is 20.7 Å². The van der Waals surface area contributed by atoms with E-state index in [1.807, 2.05) is 38.1 Å². The number of carbonyl (C=O) groups is 1. The number of benzene rings is 2. The lowest BCUT2D eigenvalue weighted by atomic mass is 10.1. The Hall–Kier alpha value is -3.21. The molecule has 0 saturated heterocycles. The molecule has 0 bridgehead atoms. The summed E-state index contributed by atoms with van der Waals surface area (Å²) in [5.74, 6) is 1.12. The molecule has 10 heteroatoms. The van der Waals surface area contributed by atoms with Crippen molar-refractivity contribution in [2.24, 2.45) is 0 Å². The van der Waals surface area contributed by atoms with Gasteiger partial charge in [0, 0.05) is 26.2 Å². The third-order valence-electron chi connectivity index (χ3n) is 5.62. The molecule has 1 atom stereocenters. The molecule has 3 rings (SSSR count). The topological polar surface area (TPSA) is 102 Å². The number of nitrogens with zero attached hydrogens (tertiary/aromatic N) is 3. The van der Waals surface area contributed by atoms with E-state index in [-0.39, 0.29) is 19.8 Å². The van der Waals surface area contributed by atoms with Crippen LogP contribution in [-0.2, 0) is 32.9 Å². The highest BCUT2D eigenvalue weighted by Gasteiger charge is 2.34. The van der Waals surface area contributed by atoms with Gasteiger partial charge in [-0.25, -0.2) is 4.98 Å². The summed E-state index contributed by atoms with van der Waals surface area (Å²) in [5.41, 5.74) is 3.36. The Balaban J connectivity index is 1.76. The second-order valence-corrected chi connectivity index (χ2v) is 10.7. The fourth-order valence-corrected chi connectivity index (χ4v) is 4.67. The van der Waals surface area contributed by atoms with Crippen LogP contribution in [0.1, 0.15) is 36.4 Å². The van der Waals surface area contributed by atoms with Gasteiger partial charge >= 0.3 is 5.97 Å². The Kier molecular flexibility index (Phi) is 8.89. The van der Waals surface area contributed by atoms with Crippen molar-refractivity contribution in [3.63, 3.8) is 0 Å². The minimum absolute atomic E-state index is 0.0295. The zero-order valence-electron chi connectivity index (χ0n) is 21.5. The van der Waals surface area contributed by atoms with Gasteiger partial charge in [0.1, 0.15) is 29.9 Å². The fourth-order valence-electron chi connectivity index (χ4n) is 3.46. The summed E-state index contributed by atoms with van der Waals surface area (Å²) in [6.45, 7) is 7.36. The first kappa shape index (κ1) is 27.4. The predicted octanol–water partition coefficient (Wildman–Crippen LogP) is 4.10. The third kappa shape index (κ3) is 6.51. The van der Waals surface area contributed by atoms with E-state index in [1.165, 1.54) is 21.0 Å². The standard InChI is InChI=1S/C26H33N3O6S/c1-7-33-26(30)19(3)29(36(31,32)28(5)6)16-21-9-8-10-23(15-21)34-17-24-20(4)35-25(27-24)22-13-11-18(2)12-14-22/h8-15,19H,7,16-17H2,1-6H3/t19-/m0/s1. The molecular formula is C26H33N3O6S. The van der Waals surface area contributed by atoms with E-state index in [2.05, 4.69) is 4.98 Å². The van der Waals surface area contributed by atoms with Crippen LogP contribution in [0.25, 0.3) is 11.5 Å². The summed E-state index contributed by atoms with van der Waals surface area (Å²) in [6, 6.07) is 14.0. The molecular weight excluding hydrogens is 482 g/mol. The Morgan fingerprint density at radius 2 is 1.81 bits per heavy atom. The lowest BCUT2D eigenvalue weighted by molar-refractivity contribution is -0.147. The summed E-state index contributed by atoms with van der Waals surface area (Å²) in [6.07, 6.45) is 0. The number of oxazole rings is 1. The quantitative estimate of drug-likeness (QED) is 0.354. The molecule has 0 N–H and O–H groups in total. The molecule has 0 fully saturated rings. The average molecular weight is 516 g/mol. The monoisotopic (exact) mass is 515 g/mol. The van der Waals surface area contributed by atoms with Crippen molar-refractivity contribution < 1.29 is 27.1 Å². The molecule has 0 radical (unpaired) electrons. The maximum Gasteiger partial charge on any atom is 0.324 e. The van der Waals surface area contributed by atoms with E-state index in [4.69, 9.17) is 13.9 Å². The van der Waals surface area contributed by atoms with Gasteiger partial charge in [0.2, 0.25) is 5.89 Å². The summed E-state index contributed by atoms with van der Waals surface area (Å²) in [5, 5.41) is 0. The lowest BCUT2D eigenvalue weighted by Gasteiger charge is -2.29. The van der Waals surface area contributed by atoms with Gasteiger partial charge in [-0.2, -0.15) is 17.0 Å². The van der Waals surface area contributed by atoms with Crippen LogP contribution in [-0.4, -0.2) is 54.7 Å². The first-order valence-electron chi connectivity index (χ1n) is 11.6. The molecule has 1 heterocycles. The average Bonchev–Trinajstić information content (AvgIpc) is 3.21. The molecule has 0 amide bonds. The fraction of sp³-hybridized carbons (Fsp3) is 0.385. The van der Waals surface area contributed by atoms with E-state index < -0.39 is 22.2 Å². The molecule has 0 saturated carbocycles. The van der Waals surface area contributed by atoms with Crippen LogP contribution in [0.4, 0.5) is 0 Å². The summed E-state index contributed by atoms with van der Waals surface area (Å²) in [4.78, 5) is 16.9. The molecule has 194 valence electrons. The Morgan fingerprint density at radius 1 is 1.11 bits per heavy atom. The second kappa shape index (κ2) is 11.7. The van der Waals surface area contributed by atoms with Gasteiger partial charge in [-0.05, 0) is 57.5 Å². The van der Waals surface area contributed by atoms with Crippen LogP contribution < -0.4 is 4.74 Å². The number of carbonyl (C=O) groups excluding carboxylic acids is 1. The molecule has 36 heavy (non-hydrogen) atoms. The van der Waals surface area contributed by atoms with Crippen molar-refractivity contribution in [1.29, 1.82) is 0 Å². The number of hydrogen-bond donors (Lipinski definition) is 0. The molecule has 3 aromatic rings. The molecule has 0 spiro atoms. The smallest absolute Gasteiger partial charge is 0.324 e. The Bertz CT molecular complexity index is 1290. The number of esters is 1. The number of aromatic nitrogens is 1. The van der Waals surface area contributed by atoms with Gasteiger partial charge in [0.05, 0.1) is 6.61 Å². The van der Waals surface area contributed by atoms with Crippen molar-refractivity contribution in [2.45, 2.75) is 46.9 Å². The largest absolute Gasteiger partial charge is 0.487 e. The van der Waals surface area contributed by atoms with E-state index in [9.17, 15) is 13.2 Å². The van der Waals surface area contributed by atoms with E-state index >= 15 is 0 Å². The van der Waals surface area contributed by atoms with E-state index in [0.29, 0.717) is 28.7 Å². The summed E-state index contributed by atoms with van der Waals surface area (Å²) in [7, 11) is -1.05. The van der Waals surface area contributed by atoms with Gasteiger partial charge in [-0.3, -0.25) is 4.79 Å². The minimum Gasteiger partial charge on any atom is -0.487 e. The molecule has 0 aliphatic heterocycles. The van der Waals surface area contributed by atoms with Crippen molar-refractivity contribution in [1.82, 2.24) is 13.6 Å². The van der Waals surface area contributed by atoms with Gasteiger partial charge < -0.3 is 13.9 Å². The van der Waals surface area contributed by atoms with Gasteiger partial charge in [-0.1, -0.05) is 29.8 Å². The molecule has 0 aliphatic carbocycles. The lowest BCUT2D eigenvalue weighted by Crippen LogP contribution is -2.48. The van der Waals surface area contributed by atoms with Crippen molar-refractivity contribution in [3.8, 4) is 17.2 Å². The minimum atomic E-state index is -3.90. The Morgan fingerprint density at radius 3 is 2.44 bits per heavy atom. The first-order chi connectivity index (χ1) is 17.0.